The summed E-state index contributed by atoms with van der Waals surface area (Å²) in [5.74, 6) is 0.825. The number of guanidine groups is 1. The standard InChI is InChI=1S/C25H32N6O2.HI/c1-2-26-24(28-17-19-15-23(32)30-22-11-4-3-10-21(19)22)27-16-18-8-7-9-20(14-18)29-25(33)31-12-5-6-13-31;/h3-4,7-11,14,19H,2,5-6,12-13,15-17H2,1H3,(H,29,33)(H,30,32)(H2,26,27,28);1H. The highest BCUT2D eigenvalue weighted by molar-refractivity contribution is 14.0. The fourth-order valence-corrected chi connectivity index (χ4v) is 4.29. The highest BCUT2D eigenvalue weighted by Crippen LogP contribution is 2.31. The summed E-state index contributed by atoms with van der Waals surface area (Å²) >= 11 is 0. The van der Waals surface area contributed by atoms with E-state index in [1.807, 2.05) is 54.3 Å². The summed E-state index contributed by atoms with van der Waals surface area (Å²) in [7, 11) is 0. The molecule has 2 aromatic rings. The topological polar surface area (TPSA) is 97.9 Å². The molecule has 9 heteroatoms. The molecule has 0 aromatic heterocycles. The zero-order valence-corrected chi connectivity index (χ0v) is 21.8. The van der Waals surface area contributed by atoms with E-state index in [4.69, 9.17) is 4.99 Å². The maximum absolute atomic E-state index is 12.4. The van der Waals surface area contributed by atoms with Gasteiger partial charge in [-0.1, -0.05) is 30.3 Å². The van der Waals surface area contributed by atoms with E-state index in [-0.39, 0.29) is 41.8 Å². The number of amides is 3. The van der Waals surface area contributed by atoms with Gasteiger partial charge in [-0.15, -0.1) is 24.0 Å². The summed E-state index contributed by atoms with van der Waals surface area (Å²) < 4.78 is 0. The van der Waals surface area contributed by atoms with Crippen molar-refractivity contribution in [1.29, 1.82) is 0 Å². The van der Waals surface area contributed by atoms with Crippen LogP contribution in [0.15, 0.2) is 53.5 Å². The number of aliphatic imine (C=N–C) groups is 1. The van der Waals surface area contributed by atoms with Gasteiger partial charge in [-0.2, -0.15) is 0 Å². The van der Waals surface area contributed by atoms with Crippen molar-refractivity contribution in [1.82, 2.24) is 15.5 Å². The third-order valence-corrected chi connectivity index (χ3v) is 5.96. The summed E-state index contributed by atoms with van der Waals surface area (Å²) in [4.78, 5) is 31.0. The number of halogens is 1. The Kier molecular flexibility index (Phi) is 9.55. The van der Waals surface area contributed by atoms with Crippen LogP contribution >= 0.6 is 24.0 Å². The molecule has 2 aromatic carbocycles. The van der Waals surface area contributed by atoms with E-state index in [2.05, 4.69) is 27.3 Å². The molecule has 1 unspecified atom stereocenters. The van der Waals surface area contributed by atoms with Gasteiger partial charge in [0.15, 0.2) is 5.96 Å². The molecule has 3 amide bonds. The minimum Gasteiger partial charge on any atom is -0.357 e. The lowest BCUT2D eigenvalue weighted by molar-refractivity contribution is -0.116. The number of hydrogen-bond acceptors (Lipinski definition) is 3. The number of nitrogens with zero attached hydrogens (tertiary/aromatic N) is 2. The fraction of sp³-hybridized carbons (Fsp3) is 0.400. The predicted molar refractivity (Wildman–Crippen MR) is 147 cm³/mol. The van der Waals surface area contributed by atoms with Crippen molar-refractivity contribution in [2.45, 2.75) is 38.6 Å². The quantitative estimate of drug-likeness (QED) is 0.237. The Morgan fingerprint density at radius 2 is 1.91 bits per heavy atom. The molecule has 1 saturated heterocycles. The molecular weight excluding hydrogens is 543 g/mol. The van der Waals surface area contributed by atoms with Gasteiger partial charge in [-0.25, -0.2) is 9.79 Å². The Balaban J connectivity index is 0.00000324. The highest BCUT2D eigenvalue weighted by Gasteiger charge is 2.24. The zero-order valence-electron chi connectivity index (χ0n) is 19.5. The molecule has 1 atom stereocenters. The molecule has 2 aliphatic heterocycles. The van der Waals surface area contributed by atoms with E-state index in [1.165, 1.54) is 0 Å². The smallest absolute Gasteiger partial charge is 0.321 e. The van der Waals surface area contributed by atoms with Crippen molar-refractivity contribution in [3.63, 3.8) is 0 Å². The van der Waals surface area contributed by atoms with E-state index in [1.54, 1.807) is 0 Å². The van der Waals surface area contributed by atoms with Crippen molar-refractivity contribution in [2.24, 2.45) is 4.99 Å². The normalized spacial score (nSPS) is 17.3. The first-order valence-electron chi connectivity index (χ1n) is 11.7. The molecule has 0 spiro atoms. The number of likely N-dealkylation sites (tertiary alicyclic amines) is 1. The molecule has 2 aliphatic rings. The van der Waals surface area contributed by atoms with Crippen LogP contribution in [0, 0.1) is 0 Å². The number of para-hydroxylation sites is 1. The van der Waals surface area contributed by atoms with Gasteiger partial charge in [-0.05, 0) is 49.1 Å². The fourth-order valence-electron chi connectivity index (χ4n) is 4.29. The minimum atomic E-state index is -0.0417. The number of rotatable bonds is 6. The summed E-state index contributed by atoms with van der Waals surface area (Å²) in [5, 5.41) is 12.6. The molecule has 4 rings (SSSR count). The largest absolute Gasteiger partial charge is 0.357 e. The van der Waals surface area contributed by atoms with Crippen molar-refractivity contribution < 1.29 is 9.59 Å². The Bertz CT molecular complexity index is 1020. The second kappa shape index (κ2) is 12.6. The van der Waals surface area contributed by atoms with Gasteiger partial charge in [0.2, 0.25) is 5.91 Å². The lowest BCUT2D eigenvalue weighted by Gasteiger charge is -2.26. The van der Waals surface area contributed by atoms with Crippen molar-refractivity contribution in [2.75, 3.05) is 36.8 Å². The van der Waals surface area contributed by atoms with Crippen LogP contribution < -0.4 is 21.3 Å². The average Bonchev–Trinajstić information content (AvgIpc) is 3.36. The summed E-state index contributed by atoms with van der Waals surface area (Å²) in [5.41, 5.74) is 3.81. The summed E-state index contributed by atoms with van der Waals surface area (Å²) in [6.07, 6.45) is 2.58. The molecule has 0 radical (unpaired) electrons. The predicted octanol–water partition coefficient (Wildman–Crippen LogP) is 4.11. The van der Waals surface area contributed by atoms with Gasteiger partial charge in [0.05, 0.1) is 6.54 Å². The lowest BCUT2D eigenvalue weighted by Crippen LogP contribution is -2.40. The first kappa shape index (κ1) is 25.8. The molecular formula is C25H33IN6O2. The number of benzene rings is 2. The Morgan fingerprint density at radius 3 is 2.71 bits per heavy atom. The van der Waals surface area contributed by atoms with E-state index in [0.29, 0.717) is 25.5 Å². The first-order chi connectivity index (χ1) is 16.1. The average molecular weight is 576 g/mol. The molecule has 1 fully saturated rings. The van der Waals surface area contributed by atoms with Gasteiger partial charge in [-0.3, -0.25) is 4.79 Å². The zero-order chi connectivity index (χ0) is 23.0. The van der Waals surface area contributed by atoms with E-state index >= 15 is 0 Å². The van der Waals surface area contributed by atoms with Gasteiger partial charge < -0.3 is 26.2 Å². The van der Waals surface area contributed by atoms with Crippen molar-refractivity contribution >= 4 is 53.2 Å². The molecule has 182 valence electrons. The third kappa shape index (κ3) is 6.85. The van der Waals surface area contributed by atoms with Crippen molar-refractivity contribution in [3.8, 4) is 0 Å². The molecule has 34 heavy (non-hydrogen) atoms. The Labute approximate surface area is 218 Å². The van der Waals surface area contributed by atoms with Crippen LogP contribution in [-0.4, -0.2) is 49.0 Å². The molecule has 0 saturated carbocycles. The monoisotopic (exact) mass is 576 g/mol. The maximum Gasteiger partial charge on any atom is 0.321 e. The lowest BCUT2D eigenvalue weighted by atomic mass is 9.90. The van der Waals surface area contributed by atoms with Gasteiger partial charge in [0, 0.05) is 49.9 Å². The number of nitrogens with one attached hydrogen (secondary N) is 4. The van der Waals surface area contributed by atoms with Crippen LogP contribution in [0.25, 0.3) is 0 Å². The van der Waals surface area contributed by atoms with Crippen LogP contribution in [0.1, 0.15) is 43.2 Å². The van der Waals surface area contributed by atoms with E-state index < -0.39 is 0 Å². The molecule has 0 aliphatic carbocycles. The van der Waals surface area contributed by atoms with Crippen LogP contribution in [-0.2, 0) is 11.3 Å². The van der Waals surface area contributed by atoms with Crippen molar-refractivity contribution in [3.05, 3.63) is 59.7 Å². The molecule has 2 heterocycles. The highest BCUT2D eigenvalue weighted by atomic mass is 127. The minimum absolute atomic E-state index is 0. The number of urea groups is 1. The van der Waals surface area contributed by atoms with E-state index in [0.717, 1.165) is 55.0 Å². The second-order valence-electron chi connectivity index (χ2n) is 8.44. The van der Waals surface area contributed by atoms with Crippen LogP contribution in [0.3, 0.4) is 0 Å². The third-order valence-electron chi connectivity index (χ3n) is 5.96. The number of hydrogen-bond donors (Lipinski definition) is 4. The SMILES string of the molecule is CCNC(=NCc1cccc(NC(=O)N2CCCC2)c1)NCC1CC(=O)Nc2ccccc21.I. The molecule has 4 N–H and O–H groups in total. The van der Waals surface area contributed by atoms with Crippen LogP contribution in [0.5, 0.6) is 0 Å². The van der Waals surface area contributed by atoms with Crippen LogP contribution in [0.2, 0.25) is 0 Å². The number of anilines is 2. The van der Waals surface area contributed by atoms with Gasteiger partial charge in [0.25, 0.3) is 0 Å². The summed E-state index contributed by atoms with van der Waals surface area (Å²) in [6, 6.07) is 15.7. The number of fused-ring (bicyclic) bond motifs is 1. The van der Waals surface area contributed by atoms with Gasteiger partial charge >= 0.3 is 6.03 Å². The number of carbonyl (C=O) groups is 2. The van der Waals surface area contributed by atoms with Crippen LogP contribution in [0.4, 0.5) is 16.2 Å². The number of carbonyl (C=O) groups excluding carboxylic acids is 2. The summed E-state index contributed by atoms with van der Waals surface area (Å²) in [6.45, 7) is 5.49. The van der Waals surface area contributed by atoms with Gasteiger partial charge in [0.1, 0.15) is 0 Å². The Hall–Kier alpha value is -2.82. The molecule has 8 nitrogen and oxygen atoms in total. The Morgan fingerprint density at radius 1 is 1.12 bits per heavy atom. The van der Waals surface area contributed by atoms with E-state index in [9.17, 15) is 9.59 Å². The maximum atomic E-state index is 12.4. The first-order valence-corrected chi connectivity index (χ1v) is 11.7. The second-order valence-corrected chi connectivity index (χ2v) is 8.44. The molecule has 0 bridgehead atoms.